The quantitative estimate of drug-likeness (QED) is 0.803. The van der Waals surface area contributed by atoms with E-state index in [9.17, 15) is 9.18 Å². The fraction of sp³-hybridized carbons (Fsp3) is 0.682. The van der Waals surface area contributed by atoms with E-state index in [0.29, 0.717) is 11.8 Å². The maximum atomic E-state index is 13.5. The molecule has 0 N–H and O–H groups in total. The monoisotopic (exact) mass is 359 g/mol. The van der Waals surface area contributed by atoms with E-state index in [1.54, 1.807) is 12.1 Å². The third-order valence-corrected chi connectivity index (χ3v) is 6.70. The van der Waals surface area contributed by atoms with Crippen molar-refractivity contribution in [1.82, 2.24) is 4.90 Å². The molecule has 0 aromatic heterocycles. The van der Waals surface area contributed by atoms with Crippen molar-refractivity contribution in [2.75, 3.05) is 19.7 Å². The zero-order chi connectivity index (χ0) is 18.0. The number of carbonyl (C=O) groups is 1. The van der Waals surface area contributed by atoms with Crippen molar-refractivity contribution in [2.24, 2.45) is 11.8 Å². The number of likely N-dealkylation sites (tertiary alicyclic amines) is 1. The van der Waals surface area contributed by atoms with Crippen LogP contribution in [0.4, 0.5) is 4.39 Å². The van der Waals surface area contributed by atoms with Crippen LogP contribution in [0.25, 0.3) is 0 Å². The highest BCUT2D eigenvalue weighted by Crippen LogP contribution is 2.39. The Kier molecular flexibility index (Phi) is 5.30. The van der Waals surface area contributed by atoms with Crippen LogP contribution in [0.3, 0.4) is 0 Å². The first-order valence-electron chi connectivity index (χ1n) is 10.3. The van der Waals surface area contributed by atoms with Gasteiger partial charge in [-0.05, 0) is 68.6 Å². The molecule has 0 radical (unpaired) electrons. The molecule has 1 aromatic rings. The largest absolute Gasteiger partial charge is 0.375 e. The molecule has 3 aliphatic rings. The standard InChI is InChI=1S/C22H30FNO2/c23-20-7-3-4-17(15-20)14-18-8-13-26-22(16-18)9-11-24(12-10-22)21(25)19-5-1-2-6-19/h3-4,7,15,18-19H,1-2,5-6,8-14,16H2. The minimum Gasteiger partial charge on any atom is -0.375 e. The SMILES string of the molecule is O=C(C1CCCC1)N1CCC2(CC1)CC(Cc1cccc(F)c1)CCO2. The Bertz CT molecular complexity index is 633. The van der Waals surface area contributed by atoms with Crippen LogP contribution in [-0.4, -0.2) is 36.1 Å². The van der Waals surface area contributed by atoms with Gasteiger partial charge in [0.2, 0.25) is 5.91 Å². The second-order valence-corrected chi connectivity index (χ2v) is 8.53. The topological polar surface area (TPSA) is 29.5 Å². The van der Waals surface area contributed by atoms with Crippen LogP contribution in [0.15, 0.2) is 24.3 Å². The molecule has 4 heteroatoms. The van der Waals surface area contributed by atoms with Crippen LogP contribution in [0, 0.1) is 17.7 Å². The van der Waals surface area contributed by atoms with Crippen molar-refractivity contribution < 1.29 is 13.9 Å². The average molecular weight is 359 g/mol. The lowest BCUT2D eigenvalue weighted by molar-refractivity contribution is -0.150. The Morgan fingerprint density at radius 2 is 1.96 bits per heavy atom. The molecule has 142 valence electrons. The summed E-state index contributed by atoms with van der Waals surface area (Å²) in [6.07, 6.45) is 9.47. The first-order valence-corrected chi connectivity index (χ1v) is 10.3. The number of nitrogens with zero attached hydrogens (tertiary/aromatic N) is 1. The Labute approximate surface area is 155 Å². The fourth-order valence-electron chi connectivity index (χ4n) is 5.21. The van der Waals surface area contributed by atoms with Gasteiger partial charge >= 0.3 is 0 Å². The number of benzene rings is 1. The van der Waals surface area contributed by atoms with Crippen LogP contribution in [0.2, 0.25) is 0 Å². The second-order valence-electron chi connectivity index (χ2n) is 8.53. The molecule has 1 saturated carbocycles. The smallest absolute Gasteiger partial charge is 0.225 e. The normalized spacial score (nSPS) is 26.3. The van der Waals surface area contributed by atoms with Gasteiger partial charge in [0.05, 0.1) is 5.60 Å². The number of halogens is 1. The van der Waals surface area contributed by atoms with Crippen molar-refractivity contribution in [1.29, 1.82) is 0 Å². The molecule has 2 saturated heterocycles. The molecule has 2 heterocycles. The van der Waals surface area contributed by atoms with Crippen LogP contribution in [0.5, 0.6) is 0 Å². The Morgan fingerprint density at radius 1 is 1.19 bits per heavy atom. The van der Waals surface area contributed by atoms with E-state index in [1.165, 1.54) is 18.9 Å². The van der Waals surface area contributed by atoms with Gasteiger partial charge in [0.15, 0.2) is 0 Å². The highest BCUT2D eigenvalue weighted by molar-refractivity contribution is 5.79. The average Bonchev–Trinajstić information content (AvgIpc) is 3.17. The summed E-state index contributed by atoms with van der Waals surface area (Å²) in [7, 11) is 0. The summed E-state index contributed by atoms with van der Waals surface area (Å²) in [4.78, 5) is 14.7. The highest BCUT2D eigenvalue weighted by Gasteiger charge is 2.42. The van der Waals surface area contributed by atoms with E-state index in [1.807, 2.05) is 6.07 Å². The number of amides is 1. The maximum Gasteiger partial charge on any atom is 0.225 e. The summed E-state index contributed by atoms with van der Waals surface area (Å²) in [5, 5.41) is 0. The van der Waals surface area contributed by atoms with Crippen LogP contribution < -0.4 is 0 Å². The number of ether oxygens (including phenoxy) is 1. The van der Waals surface area contributed by atoms with Crippen LogP contribution >= 0.6 is 0 Å². The molecule has 4 rings (SSSR count). The van der Waals surface area contributed by atoms with Gasteiger partial charge in [0, 0.05) is 25.6 Å². The van der Waals surface area contributed by atoms with Crippen molar-refractivity contribution in [3.8, 4) is 0 Å². The van der Waals surface area contributed by atoms with Crippen molar-refractivity contribution in [3.05, 3.63) is 35.6 Å². The lowest BCUT2D eigenvalue weighted by atomic mass is 9.77. The van der Waals surface area contributed by atoms with E-state index in [4.69, 9.17) is 4.74 Å². The molecule has 1 unspecified atom stereocenters. The number of carbonyl (C=O) groups excluding carboxylic acids is 1. The molecule has 1 aromatic carbocycles. The molecule has 2 aliphatic heterocycles. The van der Waals surface area contributed by atoms with E-state index >= 15 is 0 Å². The first-order chi connectivity index (χ1) is 12.6. The van der Waals surface area contributed by atoms with Gasteiger partial charge in [0.25, 0.3) is 0 Å². The molecule has 3 fully saturated rings. The number of piperidine rings is 1. The summed E-state index contributed by atoms with van der Waals surface area (Å²) >= 11 is 0. The van der Waals surface area contributed by atoms with Gasteiger partial charge < -0.3 is 9.64 Å². The van der Waals surface area contributed by atoms with Crippen LogP contribution in [0.1, 0.15) is 56.9 Å². The Morgan fingerprint density at radius 3 is 2.69 bits per heavy atom. The molecule has 3 nitrogen and oxygen atoms in total. The second kappa shape index (κ2) is 7.67. The van der Waals surface area contributed by atoms with E-state index in [2.05, 4.69) is 4.90 Å². The minimum absolute atomic E-state index is 0.0668. The van der Waals surface area contributed by atoms with Gasteiger partial charge in [-0.3, -0.25) is 4.79 Å². The third-order valence-electron chi connectivity index (χ3n) is 6.70. The van der Waals surface area contributed by atoms with Gasteiger partial charge in [0.1, 0.15) is 5.82 Å². The Hall–Kier alpha value is -1.42. The third kappa shape index (κ3) is 3.95. The summed E-state index contributed by atoms with van der Waals surface area (Å²) in [5.74, 6) is 1.05. The summed E-state index contributed by atoms with van der Waals surface area (Å²) < 4.78 is 19.7. The van der Waals surface area contributed by atoms with Gasteiger partial charge in [-0.25, -0.2) is 4.39 Å². The lowest BCUT2D eigenvalue weighted by Gasteiger charge is -2.46. The number of hydrogen-bond acceptors (Lipinski definition) is 2. The zero-order valence-electron chi connectivity index (χ0n) is 15.6. The van der Waals surface area contributed by atoms with Crippen molar-refractivity contribution in [2.45, 2.75) is 63.4 Å². The lowest BCUT2D eigenvalue weighted by Crippen LogP contribution is -2.51. The molecular weight excluding hydrogens is 329 g/mol. The summed E-state index contributed by atoms with van der Waals surface area (Å²) in [6.45, 7) is 2.46. The number of hydrogen-bond donors (Lipinski definition) is 0. The number of rotatable bonds is 3. The zero-order valence-corrected chi connectivity index (χ0v) is 15.6. The van der Waals surface area contributed by atoms with E-state index in [-0.39, 0.29) is 17.3 Å². The van der Waals surface area contributed by atoms with Crippen LogP contribution in [-0.2, 0) is 16.0 Å². The van der Waals surface area contributed by atoms with E-state index in [0.717, 1.165) is 70.2 Å². The molecule has 1 amide bonds. The molecule has 26 heavy (non-hydrogen) atoms. The first kappa shape index (κ1) is 18.0. The molecule has 1 spiro atoms. The maximum absolute atomic E-state index is 13.5. The fourth-order valence-corrected chi connectivity index (χ4v) is 5.21. The molecule has 0 bridgehead atoms. The predicted molar refractivity (Wildman–Crippen MR) is 99.3 cm³/mol. The van der Waals surface area contributed by atoms with Gasteiger partial charge in [-0.2, -0.15) is 0 Å². The predicted octanol–water partition coefficient (Wildman–Crippen LogP) is 4.35. The summed E-state index contributed by atoms with van der Waals surface area (Å²) in [5.41, 5.74) is 1.02. The van der Waals surface area contributed by atoms with Crippen molar-refractivity contribution >= 4 is 5.91 Å². The molecule has 1 atom stereocenters. The van der Waals surface area contributed by atoms with Gasteiger partial charge in [-0.1, -0.05) is 25.0 Å². The Balaban J connectivity index is 1.33. The van der Waals surface area contributed by atoms with Gasteiger partial charge in [-0.15, -0.1) is 0 Å². The highest BCUT2D eigenvalue weighted by atomic mass is 19.1. The minimum atomic E-state index is -0.150. The molecule has 1 aliphatic carbocycles. The summed E-state index contributed by atoms with van der Waals surface area (Å²) in [6, 6.07) is 6.98. The van der Waals surface area contributed by atoms with E-state index < -0.39 is 0 Å². The van der Waals surface area contributed by atoms with Crippen molar-refractivity contribution in [3.63, 3.8) is 0 Å². The molecular formula is C22H30FNO2.